The quantitative estimate of drug-likeness (QED) is 0.742. The summed E-state index contributed by atoms with van der Waals surface area (Å²) >= 11 is 3.40. The Morgan fingerprint density at radius 3 is 2.32 bits per heavy atom. The van der Waals surface area contributed by atoms with Gasteiger partial charge in [-0.15, -0.1) is 0 Å². The first kappa shape index (κ1) is 16.6. The molecule has 0 radical (unpaired) electrons. The second-order valence-electron chi connectivity index (χ2n) is 5.78. The van der Waals surface area contributed by atoms with Crippen LogP contribution in [0.5, 0.6) is 5.75 Å². The van der Waals surface area contributed by atoms with E-state index < -0.39 is 0 Å². The number of benzene rings is 2. The van der Waals surface area contributed by atoms with E-state index in [9.17, 15) is 9.90 Å². The van der Waals surface area contributed by atoms with Crippen molar-refractivity contribution < 1.29 is 9.90 Å². The van der Waals surface area contributed by atoms with Crippen molar-refractivity contribution >= 4 is 27.5 Å². The molecule has 0 atom stereocenters. The fourth-order valence-corrected chi connectivity index (χ4v) is 2.67. The predicted octanol–water partition coefficient (Wildman–Crippen LogP) is 5.15. The number of carbonyl (C=O) groups excluding carboxylic acids is 1. The van der Waals surface area contributed by atoms with Gasteiger partial charge in [-0.25, -0.2) is 0 Å². The van der Waals surface area contributed by atoms with E-state index in [0.717, 1.165) is 16.7 Å². The minimum Gasteiger partial charge on any atom is -0.506 e. The first-order valence-corrected chi connectivity index (χ1v) is 8.00. The Morgan fingerprint density at radius 1 is 1.18 bits per heavy atom. The van der Waals surface area contributed by atoms with Crippen LogP contribution in [0, 0.1) is 13.8 Å². The van der Waals surface area contributed by atoms with Crippen LogP contribution in [-0.2, 0) is 0 Å². The van der Waals surface area contributed by atoms with E-state index in [1.807, 2.05) is 45.9 Å². The van der Waals surface area contributed by atoms with Crippen LogP contribution >= 0.6 is 15.9 Å². The lowest BCUT2D eigenvalue weighted by atomic mass is 9.99. The van der Waals surface area contributed by atoms with Gasteiger partial charge in [0.25, 0.3) is 5.91 Å². The molecule has 0 unspecified atom stereocenters. The minimum absolute atomic E-state index is 0.157. The van der Waals surface area contributed by atoms with Crippen LogP contribution in [0.25, 0.3) is 0 Å². The second-order valence-corrected chi connectivity index (χ2v) is 6.57. The molecule has 0 saturated carbocycles. The summed E-state index contributed by atoms with van der Waals surface area (Å²) < 4.78 is 0.623. The lowest BCUT2D eigenvalue weighted by molar-refractivity contribution is 0.102. The fraction of sp³-hybridized carbons (Fsp3) is 0.278. The van der Waals surface area contributed by atoms with E-state index in [1.54, 1.807) is 12.1 Å². The smallest absolute Gasteiger partial charge is 0.255 e. The van der Waals surface area contributed by atoms with Gasteiger partial charge in [-0.1, -0.05) is 31.5 Å². The first-order valence-electron chi connectivity index (χ1n) is 7.21. The summed E-state index contributed by atoms with van der Waals surface area (Å²) in [5, 5.41) is 13.1. The number of anilines is 1. The third kappa shape index (κ3) is 3.33. The van der Waals surface area contributed by atoms with Crippen molar-refractivity contribution in [2.24, 2.45) is 0 Å². The van der Waals surface area contributed by atoms with E-state index in [-0.39, 0.29) is 17.6 Å². The molecule has 0 aliphatic carbocycles. The molecule has 116 valence electrons. The molecule has 1 amide bonds. The lowest BCUT2D eigenvalue weighted by Gasteiger charge is -2.17. The first-order chi connectivity index (χ1) is 10.3. The zero-order valence-corrected chi connectivity index (χ0v) is 14.8. The molecule has 2 aromatic rings. The Hall–Kier alpha value is -1.81. The van der Waals surface area contributed by atoms with Crippen molar-refractivity contribution in [3.8, 4) is 5.75 Å². The van der Waals surface area contributed by atoms with E-state index in [0.29, 0.717) is 15.7 Å². The summed E-state index contributed by atoms with van der Waals surface area (Å²) in [7, 11) is 0. The topological polar surface area (TPSA) is 49.3 Å². The van der Waals surface area contributed by atoms with Gasteiger partial charge in [-0.05, 0) is 65.0 Å². The average molecular weight is 362 g/mol. The van der Waals surface area contributed by atoms with E-state index in [2.05, 4.69) is 21.2 Å². The number of halogens is 1. The Morgan fingerprint density at radius 2 is 1.77 bits per heavy atom. The van der Waals surface area contributed by atoms with Gasteiger partial charge in [-0.2, -0.15) is 0 Å². The monoisotopic (exact) mass is 361 g/mol. The standard InChI is InChI=1S/C18H20BrNO2/c1-10(2)14-9-15(12(4)16(19)17(14)21)20-18(22)13-7-5-11(3)6-8-13/h5-10,21H,1-4H3,(H,20,22). The lowest BCUT2D eigenvalue weighted by Crippen LogP contribution is -2.13. The number of nitrogens with one attached hydrogen (secondary N) is 1. The largest absolute Gasteiger partial charge is 0.506 e. The Bertz CT molecular complexity index is 706. The summed E-state index contributed by atoms with van der Waals surface area (Å²) in [6, 6.07) is 9.27. The molecule has 0 spiro atoms. The predicted molar refractivity (Wildman–Crippen MR) is 93.8 cm³/mol. The van der Waals surface area contributed by atoms with Crippen molar-refractivity contribution in [3.05, 3.63) is 57.1 Å². The van der Waals surface area contributed by atoms with Crippen LogP contribution in [0.15, 0.2) is 34.8 Å². The van der Waals surface area contributed by atoms with E-state index in [4.69, 9.17) is 0 Å². The summed E-state index contributed by atoms with van der Waals surface area (Å²) in [6.45, 7) is 7.85. The third-order valence-electron chi connectivity index (χ3n) is 3.70. The summed E-state index contributed by atoms with van der Waals surface area (Å²) in [5.41, 5.74) is 4.04. The van der Waals surface area contributed by atoms with Gasteiger partial charge < -0.3 is 10.4 Å². The van der Waals surface area contributed by atoms with Gasteiger partial charge in [0.05, 0.1) is 4.47 Å². The highest BCUT2D eigenvalue weighted by Gasteiger charge is 2.17. The zero-order chi connectivity index (χ0) is 16.4. The van der Waals surface area contributed by atoms with Gasteiger partial charge in [0.1, 0.15) is 5.75 Å². The number of amides is 1. The number of hydrogen-bond donors (Lipinski definition) is 2. The highest BCUT2D eigenvalue weighted by atomic mass is 79.9. The number of aryl methyl sites for hydroxylation is 1. The number of hydrogen-bond acceptors (Lipinski definition) is 2. The van der Waals surface area contributed by atoms with Crippen LogP contribution in [-0.4, -0.2) is 11.0 Å². The average Bonchev–Trinajstić information content (AvgIpc) is 2.48. The molecule has 2 N–H and O–H groups in total. The van der Waals surface area contributed by atoms with Crippen molar-refractivity contribution in [3.63, 3.8) is 0 Å². The molecule has 4 heteroatoms. The SMILES string of the molecule is Cc1ccc(C(=O)Nc2cc(C(C)C)c(O)c(Br)c2C)cc1. The van der Waals surface area contributed by atoms with Crippen molar-refractivity contribution in [1.29, 1.82) is 0 Å². The van der Waals surface area contributed by atoms with Crippen LogP contribution in [0.2, 0.25) is 0 Å². The number of phenols is 1. The maximum absolute atomic E-state index is 12.4. The molecule has 0 aliphatic heterocycles. The number of carbonyl (C=O) groups is 1. The van der Waals surface area contributed by atoms with Gasteiger partial charge in [0.2, 0.25) is 0 Å². The minimum atomic E-state index is -0.157. The molecule has 2 rings (SSSR count). The van der Waals surface area contributed by atoms with Gasteiger partial charge >= 0.3 is 0 Å². The van der Waals surface area contributed by atoms with Crippen molar-refractivity contribution in [1.82, 2.24) is 0 Å². The normalized spacial score (nSPS) is 10.8. The molecule has 3 nitrogen and oxygen atoms in total. The molecular formula is C18H20BrNO2. The summed E-state index contributed by atoms with van der Waals surface area (Å²) in [5.74, 6) is 0.239. The Balaban J connectivity index is 2.37. The number of rotatable bonds is 3. The number of phenolic OH excluding ortho intramolecular Hbond substituents is 1. The highest BCUT2D eigenvalue weighted by molar-refractivity contribution is 9.10. The van der Waals surface area contributed by atoms with E-state index in [1.165, 1.54) is 0 Å². The molecule has 0 heterocycles. The van der Waals surface area contributed by atoms with E-state index >= 15 is 0 Å². The van der Waals surface area contributed by atoms with Crippen LogP contribution in [0.4, 0.5) is 5.69 Å². The maximum atomic E-state index is 12.4. The van der Waals surface area contributed by atoms with Gasteiger partial charge in [0.15, 0.2) is 0 Å². The molecule has 0 fully saturated rings. The Labute approximate surface area is 139 Å². The molecule has 0 aliphatic rings. The second kappa shape index (κ2) is 6.53. The zero-order valence-electron chi connectivity index (χ0n) is 13.2. The Kier molecular flexibility index (Phi) is 4.91. The molecule has 0 bridgehead atoms. The molecule has 2 aromatic carbocycles. The fourth-order valence-electron chi connectivity index (χ4n) is 2.22. The number of aromatic hydroxyl groups is 1. The molecule has 22 heavy (non-hydrogen) atoms. The summed E-state index contributed by atoms with van der Waals surface area (Å²) in [6.07, 6.45) is 0. The van der Waals surface area contributed by atoms with Gasteiger partial charge in [0, 0.05) is 11.3 Å². The maximum Gasteiger partial charge on any atom is 0.255 e. The van der Waals surface area contributed by atoms with Gasteiger partial charge in [-0.3, -0.25) is 4.79 Å². The third-order valence-corrected chi connectivity index (χ3v) is 4.67. The highest BCUT2D eigenvalue weighted by Crippen LogP contribution is 2.39. The van der Waals surface area contributed by atoms with Crippen LogP contribution < -0.4 is 5.32 Å². The van der Waals surface area contributed by atoms with Crippen molar-refractivity contribution in [2.75, 3.05) is 5.32 Å². The summed E-state index contributed by atoms with van der Waals surface area (Å²) in [4.78, 5) is 12.4. The molecule has 0 saturated heterocycles. The van der Waals surface area contributed by atoms with Crippen LogP contribution in [0.3, 0.4) is 0 Å². The van der Waals surface area contributed by atoms with Crippen molar-refractivity contribution in [2.45, 2.75) is 33.6 Å². The molecular weight excluding hydrogens is 342 g/mol. The van der Waals surface area contributed by atoms with Crippen LogP contribution in [0.1, 0.15) is 46.8 Å². The molecule has 0 aromatic heterocycles.